The van der Waals surface area contributed by atoms with Gasteiger partial charge in [0, 0.05) is 45.1 Å². The molecule has 0 amide bonds. The lowest BCUT2D eigenvalue weighted by molar-refractivity contribution is 0.0865. The predicted molar refractivity (Wildman–Crippen MR) is 113 cm³/mol. The molecule has 0 aliphatic carbocycles. The maximum absolute atomic E-state index is 5.66. The van der Waals surface area contributed by atoms with Crippen molar-refractivity contribution in [2.24, 2.45) is 12.5 Å². The van der Waals surface area contributed by atoms with E-state index in [4.69, 9.17) is 4.74 Å². The van der Waals surface area contributed by atoms with Crippen molar-refractivity contribution in [1.29, 1.82) is 0 Å². The zero-order valence-electron chi connectivity index (χ0n) is 18.0. The van der Waals surface area contributed by atoms with Gasteiger partial charge in [-0.05, 0) is 62.4 Å². The lowest BCUT2D eigenvalue weighted by atomic mass is 9.70. The van der Waals surface area contributed by atoms with Crippen molar-refractivity contribution in [2.75, 3.05) is 32.8 Å². The molecule has 6 heteroatoms. The average Bonchev–Trinajstić information content (AvgIpc) is 3.42. The van der Waals surface area contributed by atoms with E-state index in [2.05, 4.69) is 63.7 Å². The van der Waals surface area contributed by atoms with Crippen molar-refractivity contribution in [3.8, 4) is 5.75 Å². The Morgan fingerprint density at radius 3 is 2.79 bits per heavy atom. The Balaban J connectivity index is 1.30. The molecule has 1 spiro atoms. The zero-order chi connectivity index (χ0) is 20.0. The standard InChI is InChI=1S/C23H33N5O/c1-17(2)28-14-20(22-25-24-16-26(22)3)23(15-28)7-9-27(10-8-23)13-18-4-5-21-19(12-18)6-11-29-21/h4-5,12,16-17,20H,6-11,13-15H2,1-3H3. The molecule has 1 aromatic carbocycles. The quantitative estimate of drug-likeness (QED) is 0.797. The molecule has 2 saturated heterocycles. The number of nitrogens with zero attached hydrogens (tertiary/aromatic N) is 5. The van der Waals surface area contributed by atoms with Gasteiger partial charge in [0.1, 0.15) is 17.9 Å². The molecule has 156 valence electrons. The van der Waals surface area contributed by atoms with Gasteiger partial charge >= 0.3 is 0 Å². The summed E-state index contributed by atoms with van der Waals surface area (Å²) in [4.78, 5) is 5.28. The number of aromatic nitrogens is 3. The Bertz CT molecular complexity index is 868. The van der Waals surface area contributed by atoms with Gasteiger partial charge in [-0.2, -0.15) is 0 Å². The number of fused-ring (bicyclic) bond motifs is 1. The van der Waals surface area contributed by atoms with Crippen LogP contribution in [-0.4, -0.2) is 63.4 Å². The zero-order valence-corrected chi connectivity index (χ0v) is 18.0. The predicted octanol–water partition coefficient (Wildman–Crippen LogP) is 2.84. The highest BCUT2D eigenvalue weighted by atomic mass is 16.5. The Labute approximate surface area is 173 Å². The van der Waals surface area contributed by atoms with Gasteiger partial charge in [-0.25, -0.2) is 0 Å². The third kappa shape index (κ3) is 3.46. The summed E-state index contributed by atoms with van der Waals surface area (Å²) in [6, 6.07) is 7.33. The van der Waals surface area contributed by atoms with Crippen LogP contribution >= 0.6 is 0 Å². The molecule has 0 bridgehead atoms. The molecule has 1 unspecified atom stereocenters. The normalized spacial score (nSPS) is 24.3. The number of aryl methyl sites for hydroxylation is 1. The number of piperidine rings is 1. The molecule has 0 N–H and O–H groups in total. The minimum atomic E-state index is 0.327. The van der Waals surface area contributed by atoms with Crippen molar-refractivity contribution >= 4 is 0 Å². The smallest absolute Gasteiger partial charge is 0.137 e. The summed E-state index contributed by atoms with van der Waals surface area (Å²) >= 11 is 0. The summed E-state index contributed by atoms with van der Waals surface area (Å²) in [6.45, 7) is 11.1. The van der Waals surface area contributed by atoms with E-state index >= 15 is 0 Å². The highest BCUT2D eigenvalue weighted by Crippen LogP contribution is 2.49. The molecule has 6 nitrogen and oxygen atoms in total. The number of benzene rings is 1. The Kier molecular flexibility index (Phi) is 4.87. The third-order valence-electron chi connectivity index (χ3n) is 7.47. The van der Waals surface area contributed by atoms with Crippen LogP contribution < -0.4 is 4.74 Å². The van der Waals surface area contributed by atoms with Gasteiger partial charge < -0.3 is 9.30 Å². The third-order valence-corrected chi connectivity index (χ3v) is 7.47. The topological polar surface area (TPSA) is 46.4 Å². The van der Waals surface area contributed by atoms with Crippen molar-refractivity contribution < 1.29 is 4.74 Å². The first-order valence-electron chi connectivity index (χ1n) is 11.1. The minimum Gasteiger partial charge on any atom is -0.493 e. The molecule has 1 atom stereocenters. The second kappa shape index (κ2) is 7.40. The maximum Gasteiger partial charge on any atom is 0.137 e. The first kappa shape index (κ1) is 19.1. The van der Waals surface area contributed by atoms with Gasteiger partial charge in [0.2, 0.25) is 0 Å². The van der Waals surface area contributed by atoms with Crippen molar-refractivity contribution in [3.05, 3.63) is 41.5 Å². The van der Waals surface area contributed by atoms with Crippen LogP contribution in [0.2, 0.25) is 0 Å². The minimum absolute atomic E-state index is 0.327. The van der Waals surface area contributed by atoms with Gasteiger partial charge in [-0.3, -0.25) is 9.80 Å². The van der Waals surface area contributed by atoms with Crippen LogP contribution in [0.25, 0.3) is 0 Å². The summed E-state index contributed by atoms with van der Waals surface area (Å²) in [5.74, 6) is 2.73. The van der Waals surface area contributed by atoms with Crippen LogP contribution in [0.1, 0.15) is 49.6 Å². The molecule has 2 aromatic rings. The number of likely N-dealkylation sites (tertiary alicyclic amines) is 2. The largest absolute Gasteiger partial charge is 0.493 e. The van der Waals surface area contributed by atoms with Crippen molar-refractivity contribution in [2.45, 2.75) is 51.6 Å². The van der Waals surface area contributed by atoms with E-state index in [-0.39, 0.29) is 0 Å². The van der Waals surface area contributed by atoms with E-state index in [1.807, 2.05) is 6.33 Å². The Morgan fingerprint density at radius 1 is 1.24 bits per heavy atom. The van der Waals surface area contributed by atoms with E-state index < -0.39 is 0 Å². The first-order valence-corrected chi connectivity index (χ1v) is 11.1. The van der Waals surface area contributed by atoms with Crippen molar-refractivity contribution in [1.82, 2.24) is 24.6 Å². The van der Waals surface area contributed by atoms with Gasteiger partial charge in [0.15, 0.2) is 0 Å². The highest BCUT2D eigenvalue weighted by Gasteiger charge is 2.50. The monoisotopic (exact) mass is 395 g/mol. The van der Waals surface area contributed by atoms with Gasteiger partial charge in [0.05, 0.1) is 6.61 Å². The molecule has 1 aromatic heterocycles. The van der Waals surface area contributed by atoms with Crippen LogP contribution in [0.3, 0.4) is 0 Å². The fourth-order valence-corrected chi connectivity index (χ4v) is 5.62. The number of rotatable bonds is 4. The summed E-state index contributed by atoms with van der Waals surface area (Å²) < 4.78 is 7.80. The van der Waals surface area contributed by atoms with Crippen LogP contribution in [0.5, 0.6) is 5.75 Å². The summed E-state index contributed by atoms with van der Waals surface area (Å²) in [7, 11) is 2.09. The molecule has 2 fully saturated rings. The van der Waals surface area contributed by atoms with E-state index in [1.165, 1.54) is 36.3 Å². The van der Waals surface area contributed by atoms with Crippen LogP contribution in [0, 0.1) is 5.41 Å². The SMILES string of the molecule is CC(C)N1CC(c2nncn2C)C2(CCN(Cc3ccc4c(c3)CCO4)CC2)C1. The molecule has 0 radical (unpaired) electrons. The van der Waals surface area contributed by atoms with E-state index in [0.717, 1.165) is 45.0 Å². The summed E-state index contributed by atoms with van der Waals surface area (Å²) in [5.41, 5.74) is 3.12. The molecule has 4 heterocycles. The van der Waals surface area contributed by atoms with Gasteiger partial charge in [-0.15, -0.1) is 10.2 Å². The van der Waals surface area contributed by atoms with E-state index in [9.17, 15) is 0 Å². The molecule has 3 aliphatic rings. The molecular formula is C23H33N5O. The highest BCUT2D eigenvalue weighted by molar-refractivity contribution is 5.39. The number of hydrogen-bond donors (Lipinski definition) is 0. The van der Waals surface area contributed by atoms with E-state index in [0.29, 0.717) is 17.4 Å². The average molecular weight is 396 g/mol. The van der Waals surface area contributed by atoms with Gasteiger partial charge in [-0.1, -0.05) is 12.1 Å². The fourth-order valence-electron chi connectivity index (χ4n) is 5.62. The second-order valence-corrected chi connectivity index (χ2v) is 9.55. The molecule has 0 saturated carbocycles. The summed E-state index contributed by atoms with van der Waals surface area (Å²) in [5, 5.41) is 8.71. The lowest BCUT2D eigenvalue weighted by Crippen LogP contribution is -2.44. The van der Waals surface area contributed by atoms with Gasteiger partial charge in [0.25, 0.3) is 0 Å². The number of ether oxygens (including phenoxy) is 1. The Hall–Kier alpha value is -1.92. The maximum atomic E-state index is 5.66. The van der Waals surface area contributed by atoms with Crippen LogP contribution in [0.4, 0.5) is 0 Å². The van der Waals surface area contributed by atoms with E-state index in [1.54, 1.807) is 0 Å². The first-order chi connectivity index (χ1) is 14.0. The molecule has 29 heavy (non-hydrogen) atoms. The fraction of sp³-hybridized carbons (Fsp3) is 0.652. The van der Waals surface area contributed by atoms with Crippen molar-refractivity contribution in [3.63, 3.8) is 0 Å². The summed E-state index contributed by atoms with van der Waals surface area (Å²) in [6.07, 6.45) is 5.38. The molecule has 3 aliphatic heterocycles. The Morgan fingerprint density at radius 2 is 2.07 bits per heavy atom. The lowest BCUT2D eigenvalue weighted by Gasteiger charge is -2.42. The van der Waals surface area contributed by atoms with Crippen LogP contribution in [0.15, 0.2) is 24.5 Å². The molecular weight excluding hydrogens is 362 g/mol. The molecule has 5 rings (SSSR count). The number of hydrogen-bond acceptors (Lipinski definition) is 5. The van der Waals surface area contributed by atoms with Crippen LogP contribution in [-0.2, 0) is 20.0 Å². The second-order valence-electron chi connectivity index (χ2n) is 9.55.